The van der Waals surface area contributed by atoms with E-state index in [9.17, 15) is 4.79 Å². The van der Waals surface area contributed by atoms with Crippen LogP contribution in [-0.4, -0.2) is 10.9 Å². The van der Waals surface area contributed by atoms with E-state index in [-0.39, 0.29) is 5.91 Å². The van der Waals surface area contributed by atoms with Crippen molar-refractivity contribution in [3.8, 4) is 22.8 Å². The van der Waals surface area contributed by atoms with Crippen molar-refractivity contribution >= 4 is 52.0 Å². The lowest BCUT2D eigenvalue weighted by molar-refractivity contribution is -0.111. The summed E-state index contributed by atoms with van der Waals surface area (Å²) >= 11 is 12.3. The summed E-state index contributed by atoms with van der Waals surface area (Å²) in [5, 5.41) is 3.69. The number of furan rings is 1. The molecule has 34 heavy (non-hydrogen) atoms. The molecule has 2 aromatic heterocycles. The first kappa shape index (κ1) is 22.0. The van der Waals surface area contributed by atoms with E-state index in [1.807, 2.05) is 37.3 Å². The number of halogens is 2. The van der Waals surface area contributed by atoms with Crippen LogP contribution >= 0.6 is 23.2 Å². The zero-order valence-electron chi connectivity index (χ0n) is 18.0. The van der Waals surface area contributed by atoms with Crippen LogP contribution in [-0.2, 0) is 4.79 Å². The van der Waals surface area contributed by atoms with Gasteiger partial charge < -0.3 is 14.2 Å². The van der Waals surface area contributed by atoms with Gasteiger partial charge in [0.1, 0.15) is 17.0 Å². The number of nitrogens with one attached hydrogen (secondary N) is 1. The van der Waals surface area contributed by atoms with Gasteiger partial charge >= 0.3 is 0 Å². The summed E-state index contributed by atoms with van der Waals surface area (Å²) in [6.45, 7) is 2.02. The fourth-order valence-electron chi connectivity index (χ4n) is 3.53. The molecule has 0 atom stereocenters. The fourth-order valence-corrected chi connectivity index (χ4v) is 3.92. The number of aryl methyl sites for hydroxylation is 1. The molecule has 0 aliphatic heterocycles. The molecular formula is C27H18Cl2N2O3. The predicted molar refractivity (Wildman–Crippen MR) is 136 cm³/mol. The molecule has 0 bridgehead atoms. The largest absolute Gasteiger partial charge is 0.457 e. The number of oxazole rings is 1. The van der Waals surface area contributed by atoms with Gasteiger partial charge in [0.25, 0.3) is 0 Å². The smallest absolute Gasteiger partial charge is 0.248 e. The quantitative estimate of drug-likeness (QED) is 0.254. The fraction of sp³-hybridized carbons (Fsp3) is 0.0370. The Morgan fingerprint density at radius 3 is 2.68 bits per heavy atom. The minimum Gasteiger partial charge on any atom is -0.457 e. The second-order valence-corrected chi connectivity index (χ2v) is 8.48. The molecule has 0 radical (unpaired) electrons. The average Bonchev–Trinajstić information content (AvgIpc) is 3.46. The van der Waals surface area contributed by atoms with E-state index < -0.39 is 0 Å². The standard InChI is InChI=1S/C27H18Cl2N2O3/c1-16-4-2-5-17(14-16)27-31-22-15-18(8-11-24(22)34-27)30-25(32)13-10-19-9-12-23(33-19)20-6-3-7-21(28)26(20)29/h2-15H,1H3,(H,30,32). The van der Waals surface area contributed by atoms with Gasteiger partial charge in [0.05, 0.1) is 10.0 Å². The molecule has 0 unspecified atom stereocenters. The first-order chi connectivity index (χ1) is 16.5. The number of aromatic nitrogens is 1. The van der Waals surface area contributed by atoms with Crippen molar-refractivity contribution in [2.24, 2.45) is 0 Å². The van der Waals surface area contributed by atoms with Gasteiger partial charge in [0, 0.05) is 22.9 Å². The Morgan fingerprint density at radius 1 is 0.971 bits per heavy atom. The third kappa shape index (κ3) is 4.62. The highest BCUT2D eigenvalue weighted by Gasteiger charge is 2.11. The van der Waals surface area contributed by atoms with Crippen molar-refractivity contribution in [1.29, 1.82) is 0 Å². The molecule has 5 aromatic rings. The van der Waals surface area contributed by atoms with Gasteiger partial charge in [0.2, 0.25) is 11.8 Å². The molecule has 1 amide bonds. The second-order valence-electron chi connectivity index (χ2n) is 7.70. The molecule has 1 N–H and O–H groups in total. The number of anilines is 1. The Kier molecular flexibility index (Phi) is 5.97. The molecule has 7 heteroatoms. The summed E-state index contributed by atoms with van der Waals surface area (Å²) in [5.41, 5.74) is 4.63. The van der Waals surface area contributed by atoms with Crippen molar-refractivity contribution in [2.75, 3.05) is 5.32 Å². The molecule has 3 aromatic carbocycles. The van der Waals surface area contributed by atoms with Crippen LogP contribution in [0.1, 0.15) is 11.3 Å². The molecular weight excluding hydrogens is 471 g/mol. The molecule has 0 saturated heterocycles. The number of carbonyl (C=O) groups excluding carboxylic acids is 1. The molecule has 5 rings (SSSR count). The van der Waals surface area contributed by atoms with Gasteiger partial charge in [0.15, 0.2) is 5.58 Å². The highest BCUT2D eigenvalue weighted by molar-refractivity contribution is 6.43. The normalized spacial score (nSPS) is 11.4. The van der Waals surface area contributed by atoms with Crippen LogP contribution in [0.5, 0.6) is 0 Å². The lowest BCUT2D eigenvalue weighted by atomic mass is 10.1. The van der Waals surface area contributed by atoms with Gasteiger partial charge in [-0.25, -0.2) is 4.98 Å². The molecule has 0 aliphatic carbocycles. The highest BCUT2D eigenvalue weighted by atomic mass is 35.5. The topological polar surface area (TPSA) is 68.3 Å². The second kappa shape index (κ2) is 9.21. The molecule has 0 fully saturated rings. The molecule has 0 aliphatic rings. The average molecular weight is 489 g/mol. The Hall–Kier alpha value is -3.80. The minimum absolute atomic E-state index is 0.305. The van der Waals surface area contributed by atoms with Crippen LogP contribution in [0.4, 0.5) is 5.69 Å². The number of hydrogen-bond acceptors (Lipinski definition) is 4. The third-order valence-electron chi connectivity index (χ3n) is 5.16. The van der Waals surface area contributed by atoms with E-state index in [1.165, 1.54) is 6.08 Å². The molecule has 5 nitrogen and oxygen atoms in total. The summed E-state index contributed by atoms with van der Waals surface area (Å²) in [6.07, 6.45) is 2.98. The maximum absolute atomic E-state index is 12.4. The van der Waals surface area contributed by atoms with Crippen LogP contribution in [0.25, 0.3) is 40.0 Å². The van der Waals surface area contributed by atoms with Crippen LogP contribution in [0.3, 0.4) is 0 Å². The van der Waals surface area contributed by atoms with Gasteiger partial charge in [-0.3, -0.25) is 4.79 Å². The summed E-state index contributed by atoms with van der Waals surface area (Å²) in [5.74, 6) is 1.31. The van der Waals surface area contributed by atoms with Crippen LogP contribution < -0.4 is 5.32 Å². The summed E-state index contributed by atoms with van der Waals surface area (Å²) in [6, 6.07) is 22.1. The number of fused-ring (bicyclic) bond motifs is 1. The van der Waals surface area contributed by atoms with Crippen molar-refractivity contribution in [3.63, 3.8) is 0 Å². The van der Waals surface area contributed by atoms with Crippen LogP contribution in [0.15, 0.2) is 87.7 Å². The zero-order valence-corrected chi connectivity index (χ0v) is 19.5. The number of hydrogen-bond donors (Lipinski definition) is 1. The SMILES string of the molecule is Cc1cccc(-c2nc3cc(NC(=O)C=Cc4ccc(-c5cccc(Cl)c5Cl)o4)ccc3o2)c1. The van der Waals surface area contributed by atoms with E-state index in [0.717, 1.165) is 11.1 Å². The van der Waals surface area contributed by atoms with Crippen LogP contribution in [0.2, 0.25) is 10.0 Å². The van der Waals surface area contributed by atoms with Gasteiger partial charge in [-0.05, 0) is 67.6 Å². The summed E-state index contributed by atoms with van der Waals surface area (Å²) < 4.78 is 11.6. The Balaban J connectivity index is 1.29. The number of carbonyl (C=O) groups is 1. The molecule has 0 spiro atoms. The molecule has 168 valence electrons. The lowest BCUT2D eigenvalue weighted by Crippen LogP contribution is -2.07. The van der Waals surface area contributed by atoms with Crippen molar-refractivity contribution in [2.45, 2.75) is 6.92 Å². The van der Waals surface area contributed by atoms with Crippen molar-refractivity contribution < 1.29 is 13.6 Å². The maximum atomic E-state index is 12.4. The van der Waals surface area contributed by atoms with E-state index in [1.54, 1.807) is 48.5 Å². The number of nitrogens with zero attached hydrogens (tertiary/aromatic N) is 1. The lowest BCUT2D eigenvalue weighted by Gasteiger charge is -2.02. The minimum atomic E-state index is -0.305. The maximum Gasteiger partial charge on any atom is 0.248 e. The number of amides is 1. The third-order valence-corrected chi connectivity index (χ3v) is 5.98. The van der Waals surface area contributed by atoms with E-state index in [0.29, 0.717) is 49.8 Å². The van der Waals surface area contributed by atoms with Crippen molar-refractivity contribution in [3.05, 3.63) is 100 Å². The number of rotatable bonds is 5. The highest BCUT2D eigenvalue weighted by Crippen LogP contribution is 2.34. The van der Waals surface area contributed by atoms with E-state index in [2.05, 4.69) is 10.3 Å². The summed E-state index contributed by atoms with van der Waals surface area (Å²) in [7, 11) is 0. The van der Waals surface area contributed by atoms with Gasteiger partial charge in [-0.2, -0.15) is 0 Å². The Labute approximate surface area is 205 Å². The Bertz CT molecular complexity index is 1550. The Morgan fingerprint density at radius 2 is 1.82 bits per heavy atom. The molecule has 0 saturated carbocycles. The molecule has 2 heterocycles. The monoisotopic (exact) mass is 488 g/mol. The summed E-state index contributed by atoms with van der Waals surface area (Å²) in [4.78, 5) is 17.0. The van der Waals surface area contributed by atoms with Gasteiger partial charge in [-0.1, -0.05) is 47.0 Å². The predicted octanol–water partition coefficient (Wildman–Crippen LogP) is 8.02. The van der Waals surface area contributed by atoms with Crippen LogP contribution in [0, 0.1) is 6.92 Å². The zero-order chi connectivity index (χ0) is 23.7. The first-order valence-corrected chi connectivity index (χ1v) is 11.2. The van der Waals surface area contributed by atoms with E-state index in [4.69, 9.17) is 32.0 Å². The van der Waals surface area contributed by atoms with E-state index >= 15 is 0 Å². The number of benzene rings is 3. The van der Waals surface area contributed by atoms with Gasteiger partial charge in [-0.15, -0.1) is 0 Å². The van der Waals surface area contributed by atoms with Crippen molar-refractivity contribution in [1.82, 2.24) is 4.98 Å². The first-order valence-electron chi connectivity index (χ1n) is 10.5.